The molecule has 1 atom stereocenters. The van der Waals surface area contributed by atoms with E-state index in [1.807, 2.05) is 23.1 Å². The molecule has 2 aliphatic rings. The van der Waals surface area contributed by atoms with Crippen LogP contribution in [0.15, 0.2) is 24.3 Å². The number of para-hydroxylation sites is 1. The fourth-order valence-electron chi connectivity index (χ4n) is 3.33. The number of benzene rings is 1. The van der Waals surface area contributed by atoms with Crippen LogP contribution in [0.1, 0.15) is 44.6 Å². The van der Waals surface area contributed by atoms with E-state index in [1.165, 1.54) is 0 Å². The second-order valence-corrected chi connectivity index (χ2v) is 7.63. The lowest BCUT2D eigenvalue weighted by atomic mass is 9.98. The Balaban J connectivity index is 1.42. The first-order valence-corrected chi connectivity index (χ1v) is 10.1. The van der Waals surface area contributed by atoms with Crippen LogP contribution in [-0.2, 0) is 9.59 Å². The third-order valence-corrected chi connectivity index (χ3v) is 5.45. The SMILES string of the molecule is CCC(C)c1ccccc1OCC(=O)N1CCN(CC(=O)NC2CC2)CC1. The highest BCUT2D eigenvalue weighted by atomic mass is 16.5. The van der Waals surface area contributed by atoms with Gasteiger partial charge < -0.3 is 15.0 Å². The van der Waals surface area contributed by atoms with E-state index in [-0.39, 0.29) is 18.4 Å². The topological polar surface area (TPSA) is 61.9 Å². The van der Waals surface area contributed by atoms with Crippen LogP contribution in [-0.4, -0.2) is 67.0 Å². The number of hydrogen-bond donors (Lipinski definition) is 1. The lowest BCUT2D eigenvalue weighted by Crippen LogP contribution is -2.52. The molecule has 1 aliphatic carbocycles. The number of hydrogen-bond acceptors (Lipinski definition) is 4. The van der Waals surface area contributed by atoms with Gasteiger partial charge in [0.1, 0.15) is 5.75 Å². The fraction of sp³-hybridized carbons (Fsp3) is 0.619. The number of nitrogens with zero attached hydrogens (tertiary/aromatic N) is 2. The van der Waals surface area contributed by atoms with Crippen molar-refractivity contribution in [3.05, 3.63) is 29.8 Å². The second kappa shape index (κ2) is 9.22. The Kier molecular flexibility index (Phi) is 6.72. The van der Waals surface area contributed by atoms with E-state index in [4.69, 9.17) is 4.74 Å². The molecule has 1 aliphatic heterocycles. The smallest absolute Gasteiger partial charge is 0.260 e. The lowest BCUT2D eigenvalue weighted by Gasteiger charge is -2.34. The van der Waals surface area contributed by atoms with Crippen molar-refractivity contribution in [2.24, 2.45) is 0 Å². The molecule has 0 aromatic heterocycles. The van der Waals surface area contributed by atoms with Crippen molar-refractivity contribution in [2.75, 3.05) is 39.3 Å². The number of nitrogens with one attached hydrogen (secondary N) is 1. The average Bonchev–Trinajstić information content (AvgIpc) is 3.50. The minimum atomic E-state index is 0.0102. The molecule has 6 nitrogen and oxygen atoms in total. The maximum absolute atomic E-state index is 12.5. The molecule has 3 rings (SSSR count). The minimum absolute atomic E-state index is 0.0102. The molecule has 1 aromatic rings. The predicted octanol–water partition coefficient (Wildman–Crippen LogP) is 2.00. The van der Waals surface area contributed by atoms with Gasteiger partial charge in [0.25, 0.3) is 5.91 Å². The number of amides is 2. The van der Waals surface area contributed by atoms with Crippen LogP contribution in [0.2, 0.25) is 0 Å². The zero-order valence-corrected chi connectivity index (χ0v) is 16.4. The summed E-state index contributed by atoms with van der Waals surface area (Å²) in [5.74, 6) is 1.32. The zero-order chi connectivity index (χ0) is 19.2. The molecule has 1 unspecified atom stereocenters. The van der Waals surface area contributed by atoms with Crippen LogP contribution < -0.4 is 10.1 Å². The molecule has 0 bridgehead atoms. The van der Waals surface area contributed by atoms with Gasteiger partial charge in [-0.2, -0.15) is 0 Å². The highest BCUT2D eigenvalue weighted by Gasteiger charge is 2.26. The van der Waals surface area contributed by atoms with Gasteiger partial charge in [-0.1, -0.05) is 32.0 Å². The van der Waals surface area contributed by atoms with Crippen molar-refractivity contribution >= 4 is 11.8 Å². The molecule has 27 heavy (non-hydrogen) atoms. The molecule has 0 radical (unpaired) electrons. The maximum atomic E-state index is 12.5. The molecule has 0 spiro atoms. The standard InChI is InChI=1S/C21H31N3O3/c1-3-16(2)18-6-4-5-7-19(18)27-15-21(26)24-12-10-23(11-13-24)14-20(25)22-17-8-9-17/h4-7,16-17H,3,8-15H2,1-2H3,(H,22,25). The molecule has 148 valence electrons. The highest BCUT2D eigenvalue weighted by Crippen LogP contribution is 2.28. The zero-order valence-electron chi connectivity index (χ0n) is 16.4. The van der Waals surface area contributed by atoms with Crippen LogP contribution in [0.25, 0.3) is 0 Å². The van der Waals surface area contributed by atoms with Crippen molar-refractivity contribution in [2.45, 2.75) is 45.1 Å². The van der Waals surface area contributed by atoms with Gasteiger partial charge in [0, 0.05) is 32.2 Å². The molecule has 1 aromatic carbocycles. The Morgan fingerprint density at radius 1 is 1.19 bits per heavy atom. The summed E-state index contributed by atoms with van der Waals surface area (Å²) >= 11 is 0. The van der Waals surface area contributed by atoms with Gasteiger partial charge in [-0.05, 0) is 36.8 Å². The highest BCUT2D eigenvalue weighted by molar-refractivity contribution is 5.79. The monoisotopic (exact) mass is 373 g/mol. The van der Waals surface area contributed by atoms with Crippen LogP contribution in [0, 0.1) is 0 Å². The third kappa shape index (κ3) is 5.70. The Labute approximate surface area is 161 Å². The summed E-state index contributed by atoms with van der Waals surface area (Å²) in [7, 11) is 0. The Bertz CT molecular complexity index is 652. The average molecular weight is 373 g/mol. The molecular formula is C21H31N3O3. The lowest BCUT2D eigenvalue weighted by molar-refractivity contribution is -0.135. The van der Waals surface area contributed by atoms with E-state index < -0.39 is 0 Å². The first-order valence-electron chi connectivity index (χ1n) is 10.1. The first kappa shape index (κ1) is 19.7. The van der Waals surface area contributed by atoms with Crippen molar-refractivity contribution in [3.63, 3.8) is 0 Å². The summed E-state index contributed by atoms with van der Waals surface area (Å²) in [6, 6.07) is 8.35. The van der Waals surface area contributed by atoms with E-state index in [1.54, 1.807) is 0 Å². The number of rotatable bonds is 8. The molecule has 6 heteroatoms. The Hall–Kier alpha value is -2.08. The fourth-order valence-corrected chi connectivity index (χ4v) is 3.33. The third-order valence-electron chi connectivity index (χ3n) is 5.45. The number of carbonyl (C=O) groups excluding carboxylic acids is 2. The van der Waals surface area contributed by atoms with Crippen molar-refractivity contribution in [1.29, 1.82) is 0 Å². The minimum Gasteiger partial charge on any atom is -0.483 e. The van der Waals surface area contributed by atoms with Gasteiger partial charge in [-0.25, -0.2) is 0 Å². The van der Waals surface area contributed by atoms with Crippen LogP contribution >= 0.6 is 0 Å². The van der Waals surface area contributed by atoms with Gasteiger partial charge in [-0.3, -0.25) is 14.5 Å². The van der Waals surface area contributed by atoms with E-state index in [0.29, 0.717) is 31.6 Å². The summed E-state index contributed by atoms with van der Waals surface area (Å²) in [6.45, 7) is 7.56. The van der Waals surface area contributed by atoms with Crippen molar-refractivity contribution in [1.82, 2.24) is 15.1 Å². The molecular weight excluding hydrogens is 342 g/mol. The number of piperazine rings is 1. The van der Waals surface area contributed by atoms with Crippen molar-refractivity contribution < 1.29 is 14.3 Å². The van der Waals surface area contributed by atoms with Crippen LogP contribution in [0.3, 0.4) is 0 Å². The van der Waals surface area contributed by atoms with Gasteiger partial charge >= 0.3 is 0 Å². The van der Waals surface area contributed by atoms with Gasteiger partial charge in [0.15, 0.2) is 6.61 Å². The molecule has 1 N–H and O–H groups in total. The van der Waals surface area contributed by atoms with Gasteiger partial charge in [-0.15, -0.1) is 0 Å². The summed E-state index contributed by atoms with van der Waals surface area (Å²) in [5, 5.41) is 3.01. The van der Waals surface area contributed by atoms with E-state index in [0.717, 1.165) is 43.7 Å². The van der Waals surface area contributed by atoms with Gasteiger partial charge in [0.05, 0.1) is 6.54 Å². The quantitative estimate of drug-likeness (QED) is 0.757. The van der Waals surface area contributed by atoms with Gasteiger partial charge in [0.2, 0.25) is 5.91 Å². The maximum Gasteiger partial charge on any atom is 0.260 e. The van der Waals surface area contributed by atoms with E-state index in [9.17, 15) is 9.59 Å². The summed E-state index contributed by atoms with van der Waals surface area (Å²) < 4.78 is 5.85. The summed E-state index contributed by atoms with van der Waals surface area (Å²) in [4.78, 5) is 28.3. The van der Waals surface area contributed by atoms with Crippen molar-refractivity contribution in [3.8, 4) is 5.75 Å². The summed E-state index contributed by atoms with van der Waals surface area (Å²) in [5.41, 5.74) is 1.15. The second-order valence-electron chi connectivity index (χ2n) is 7.63. The normalized spacial score (nSPS) is 18.8. The molecule has 1 saturated carbocycles. The molecule has 2 fully saturated rings. The molecule has 2 amide bonds. The van der Waals surface area contributed by atoms with Crippen LogP contribution in [0.4, 0.5) is 0 Å². The largest absolute Gasteiger partial charge is 0.483 e. The first-order chi connectivity index (χ1) is 13.1. The Morgan fingerprint density at radius 2 is 1.89 bits per heavy atom. The van der Waals surface area contributed by atoms with E-state index >= 15 is 0 Å². The molecule has 1 heterocycles. The Morgan fingerprint density at radius 3 is 2.56 bits per heavy atom. The predicted molar refractivity (Wildman–Crippen MR) is 105 cm³/mol. The summed E-state index contributed by atoms with van der Waals surface area (Å²) in [6.07, 6.45) is 3.24. The molecule has 1 saturated heterocycles. The number of carbonyl (C=O) groups is 2. The van der Waals surface area contributed by atoms with Crippen LogP contribution in [0.5, 0.6) is 5.75 Å². The van der Waals surface area contributed by atoms with E-state index in [2.05, 4.69) is 30.1 Å². The number of ether oxygens (including phenoxy) is 1.